The largest absolute Gasteiger partial charge is 0.326 e. The van der Waals surface area contributed by atoms with E-state index in [1.165, 1.54) is 18.4 Å². The number of rotatable bonds is 7. The van der Waals surface area contributed by atoms with Crippen molar-refractivity contribution >= 4 is 22.9 Å². The molecule has 0 radical (unpaired) electrons. The van der Waals surface area contributed by atoms with E-state index < -0.39 is 0 Å². The Bertz CT molecular complexity index is 751. The molecule has 6 heteroatoms. The SMILES string of the molecule is CN(Cc1cccc(NC(=O)CC2CC3CCC(C2)N3)c1)Cc1cscn1. The van der Waals surface area contributed by atoms with Gasteiger partial charge in [0, 0.05) is 42.7 Å². The summed E-state index contributed by atoms with van der Waals surface area (Å²) in [4.78, 5) is 19.1. The summed E-state index contributed by atoms with van der Waals surface area (Å²) in [5.74, 6) is 0.672. The minimum atomic E-state index is 0.147. The van der Waals surface area contributed by atoms with Crippen molar-refractivity contribution in [3.05, 3.63) is 46.4 Å². The second-order valence-corrected chi connectivity index (χ2v) is 8.80. The molecule has 0 aliphatic carbocycles. The lowest BCUT2D eigenvalue weighted by Gasteiger charge is -2.28. The highest BCUT2D eigenvalue weighted by Gasteiger charge is 2.34. The van der Waals surface area contributed by atoms with E-state index in [4.69, 9.17) is 0 Å². The van der Waals surface area contributed by atoms with E-state index in [0.717, 1.165) is 37.3 Å². The summed E-state index contributed by atoms with van der Waals surface area (Å²) in [5.41, 5.74) is 5.07. The van der Waals surface area contributed by atoms with Gasteiger partial charge in [-0.15, -0.1) is 11.3 Å². The van der Waals surface area contributed by atoms with Crippen molar-refractivity contribution in [3.8, 4) is 0 Å². The topological polar surface area (TPSA) is 57.3 Å². The molecule has 2 aliphatic rings. The van der Waals surface area contributed by atoms with E-state index in [0.29, 0.717) is 24.4 Å². The fraction of sp³-hybridized carbons (Fsp3) is 0.524. The molecular formula is C21H28N4OS. The van der Waals surface area contributed by atoms with E-state index in [1.54, 1.807) is 11.3 Å². The van der Waals surface area contributed by atoms with Crippen LogP contribution in [0.3, 0.4) is 0 Å². The third-order valence-corrected chi connectivity index (χ3v) is 6.26. The van der Waals surface area contributed by atoms with Gasteiger partial charge in [-0.2, -0.15) is 0 Å². The van der Waals surface area contributed by atoms with Crippen molar-refractivity contribution < 1.29 is 4.79 Å². The fourth-order valence-electron chi connectivity index (χ4n) is 4.52. The minimum Gasteiger partial charge on any atom is -0.326 e. The maximum absolute atomic E-state index is 12.5. The average molecular weight is 385 g/mol. The first-order valence-electron chi connectivity index (χ1n) is 9.84. The van der Waals surface area contributed by atoms with Gasteiger partial charge in [0.15, 0.2) is 0 Å². The molecule has 2 aliphatic heterocycles. The Morgan fingerprint density at radius 3 is 2.85 bits per heavy atom. The van der Waals surface area contributed by atoms with Crippen LogP contribution in [-0.4, -0.2) is 34.9 Å². The molecule has 144 valence electrons. The number of nitrogens with one attached hydrogen (secondary N) is 2. The first-order valence-corrected chi connectivity index (χ1v) is 10.8. The summed E-state index contributed by atoms with van der Waals surface area (Å²) in [6.45, 7) is 1.66. The lowest BCUT2D eigenvalue weighted by molar-refractivity contribution is -0.117. The zero-order valence-corrected chi connectivity index (χ0v) is 16.7. The molecule has 2 atom stereocenters. The molecule has 1 aromatic carbocycles. The number of benzene rings is 1. The minimum absolute atomic E-state index is 0.147. The zero-order valence-electron chi connectivity index (χ0n) is 15.9. The highest BCUT2D eigenvalue weighted by Crippen LogP contribution is 2.32. The molecular weight excluding hydrogens is 356 g/mol. The average Bonchev–Trinajstić information content (AvgIpc) is 3.24. The summed E-state index contributed by atoms with van der Waals surface area (Å²) in [6, 6.07) is 9.47. The third kappa shape index (κ3) is 5.15. The maximum atomic E-state index is 12.5. The number of carbonyl (C=O) groups excluding carboxylic acids is 1. The van der Waals surface area contributed by atoms with Gasteiger partial charge in [0.2, 0.25) is 5.91 Å². The smallest absolute Gasteiger partial charge is 0.224 e. The number of piperidine rings is 1. The van der Waals surface area contributed by atoms with Crippen LogP contribution in [0.25, 0.3) is 0 Å². The summed E-state index contributed by atoms with van der Waals surface area (Å²) in [6.07, 6.45) is 5.48. The van der Waals surface area contributed by atoms with Crippen LogP contribution in [0.2, 0.25) is 0 Å². The molecule has 4 rings (SSSR count). The van der Waals surface area contributed by atoms with Gasteiger partial charge in [0.1, 0.15) is 0 Å². The number of thiazole rings is 1. The van der Waals surface area contributed by atoms with Crippen molar-refractivity contribution in [1.29, 1.82) is 0 Å². The standard InChI is InChI=1S/C21H28N4OS/c1-25(12-20-13-27-14-22-20)11-15-3-2-4-17(7-15)24-21(26)10-16-8-18-5-6-19(9-16)23-18/h2-4,7,13-14,16,18-19,23H,5-6,8-12H2,1H3,(H,24,26). The van der Waals surface area contributed by atoms with Crippen molar-refractivity contribution in [2.45, 2.75) is 57.3 Å². The normalized spacial score (nSPS) is 24.3. The van der Waals surface area contributed by atoms with Crippen molar-refractivity contribution in [2.24, 2.45) is 5.92 Å². The van der Waals surface area contributed by atoms with Crippen LogP contribution >= 0.6 is 11.3 Å². The third-order valence-electron chi connectivity index (χ3n) is 5.62. The summed E-state index contributed by atoms with van der Waals surface area (Å²) < 4.78 is 0. The Morgan fingerprint density at radius 2 is 2.11 bits per heavy atom. The van der Waals surface area contributed by atoms with Crippen LogP contribution in [-0.2, 0) is 17.9 Å². The zero-order chi connectivity index (χ0) is 18.6. The number of anilines is 1. The molecule has 0 spiro atoms. The number of fused-ring (bicyclic) bond motifs is 2. The molecule has 27 heavy (non-hydrogen) atoms. The van der Waals surface area contributed by atoms with Crippen molar-refractivity contribution in [1.82, 2.24) is 15.2 Å². The van der Waals surface area contributed by atoms with Crippen LogP contribution in [0.15, 0.2) is 35.2 Å². The Hall–Kier alpha value is -1.76. The second kappa shape index (κ2) is 8.50. The van der Waals surface area contributed by atoms with Crippen LogP contribution in [0, 0.1) is 5.92 Å². The molecule has 1 aromatic heterocycles. The molecule has 5 nitrogen and oxygen atoms in total. The van der Waals surface area contributed by atoms with Gasteiger partial charge in [-0.25, -0.2) is 4.98 Å². The van der Waals surface area contributed by atoms with Crippen molar-refractivity contribution in [3.63, 3.8) is 0 Å². The first-order chi connectivity index (χ1) is 13.1. The van der Waals surface area contributed by atoms with E-state index in [1.807, 2.05) is 17.6 Å². The van der Waals surface area contributed by atoms with Crippen LogP contribution in [0.5, 0.6) is 0 Å². The molecule has 2 fully saturated rings. The van der Waals surface area contributed by atoms with Gasteiger partial charge >= 0.3 is 0 Å². The van der Waals surface area contributed by atoms with Gasteiger partial charge in [-0.1, -0.05) is 12.1 Å². The monoisotopic (exact) mass is 384 g/mol. The molecule has 3 heterocycles. The van der Waals surface area contributed by atoms with Gasteiger partial charge in [0.05, 0.1) is 11.2 Å². The molecule has 1 amide bonds. The summed E-state index contributed by atoms with van der Waals surface area (Å²) >= 11 is 1.63. The summed E-state index contributed by atoms with van der Waals surface area (Å²) in [7, 11) is 2.09. The van der Waals surface area contributed by atoms with E-state index >= 15 is 0 Å². The van der Waals surface area contributed by atoms with Crippen molar-refractivity contribution in [2.75, 3.05) is 12.4 Å². The number of carbonyl (C=O) groups is 1. The van der Waals surface area contributed by atoms with Gasteiger partial charge in [-0.3, -0.25) is 9.69 Å². The van der Waals surface area contributed by atoms with E-state index in [-0.39, 0.29) is 5.91 Å². The quantitative estimate of drug-likeness (QED) is 0.765. The number of hydrogen-bond donors (Lipinski definition) is 2. The van der Waals surface area contributed by atoms with Crippen LogP contribution < -0.4 is 10.6 Å². The predicted molar refractivity (Wildman–Crippen MR) is 110 cm³/mol. The van der Waals surface area contributed by atoms with Crippen LogP contribution in [0.4, 0.5) is 5.69 Å². The predicted octanol–water partition coefficient (Wildman–Crippen LogP) is 3.63. The summed E-state index contributed by atoms with van der Waals surface area (Å²) in [5, 5.41) is 8.84. The Labute approximate surface area is 165 Å². The fourth-order valence-corrected chi connectivity index (χ4v) is 5.07. The molecule has 2 aromatic rings. The molecule has 2 saturated heterocycles. The maximum Gasteiger partial charge on any atom is 0.224 e. The highest BCUT2D eigenvalue weighted by atomic mass is 32.1. The molecule has 2 unspecified atom stereocenters. The van der Waals surface area contributed by atoms with Gasteiger partial charge < -0.3 is 10.6 Å². The van der Waals surface area contributed by atoms with E-state index in [9.17, 15) is 4.79 Å². The molecule has 2 N–H and O–H groups in total. The molecule has 2 bridgehead atoms. The van der Waals surface area contributed by atoms with Gasteiger partial charge in [-0.05, 0) is 56.3 Å². The lowest BCUT2D eigenvalue weighted by Crippen LogP contribution is -2.39. The number of amides is 1. The number of nitrogens with zero attached hydrogens (tertiary/aromatic N) is 2. The Morgan fingerprint density at radius 1 is 1.30 bits per heavy atom. The molecule has 0 saturated carbocycles. The second-order valence-electron chi connectivity index (χ2n) is 8.08. The van der Waals surface area contributed by atoms with Gasteiger partial charge in [0.25, 0.3) is 0 Å². The number of aromatic nitrogens is 1. The number of hydrogen-bond acceptors (Lipinski definition) is 5. The lowest BCUT2D eigenvalue weighted by atomic mass is 9.89. The highest BCUT2D eigenvalue weighted by molar-refractivity contribution is 7.07. The van der Waals surface area contributed by atoms with Crippen LogP contribution in [0.1, 0.15) is 43.4 Å². The Kier molecular flexibility index (Phi) is 5.86. The first kappa shape index (κ1) is 18.6. The van der Waals surface area contributed by atoms with E-state index in [2.05, 4.69) is 45.1 Å². The Balaban J connectivity index is 1.28.